The van der Waals surface area contributed by atoms with Gasteiger partial charge in [-0.2, -0.15) is 18.3 Å². The number of sulfone groups is 1. The maximum absolute atomic E-state index is 13.7. The SMILES string of the molecule is CCS(=O)(=O)c1ccc(O)c(NC(=O)c2cc3nc(-c4ccc(F)cc4)cc(C(F)(F)F)n3n2)c1. The van der Waals surface area contributed by atoms with Crippen molar-refractivity contribution in [1.82, 2.24) is 14.6 Å². The first-order valence-electron chi connectivity index (χ1n) is 10.00. The summed E-state index contributed by atoms with van der Waals surface area (Å²) in [5.74, 6) is -2.26. The highest BCUT2D eigenvalue weighted by Gasteiger charge is 2.35. The van der Waals surface area contributed by atoms with Gasteiger partial charge in [-0.25, -0.2) is 22.3 Å². The van der Waals surface area contributed by atoms with Crippen LogP contribution in [0.5, 0.6) is 5.75 Å². The van der Waals surface area contributed by atoms with Gasteiger partial charge in [0.05, 0.1) is 22.0 Å². The minimum atomic E-state index is -4.86. The molecule has 0 radical (unpaired) electrons. The van der Waals surface area contributed by atoms with E-state index in [0.717, 1.165) is 42.5 Å². The van der Waals surface area contributed by atoms with Crippen molar-refractivity contribution in [3.8, 4) is 17.0 Å². The lowest BCUT2D eigenvalue weighted by Gasteiger charge is -2.11. The van der Waals surface area contributed by atoms with E-state index in [4.69, 9.17) is 0 Å². The topological polar surface area (TPSA) is 114 Å². The largest absolute Gasteiger partial charge is 0.506 e. The van der Waals surface area contributed by atoms with Crippen LogP contribution in [0.3, 0.4) is 0 Å². The average molecular weight is 508 g/mol. The van der Waals surface area contributed by atoms with Gasteiger partial charge in [0.2, 0.25) is 0 Å². The first-order valence-corrected chi connectivity index (χ1v) is 11.7. The van der Waals surface area contributed by atoms with E-state index in [2.05, 4.69) is 15.4 Å². The van der Waals surface area contributed by atoms with Crippen LogP contribution in [-0.4, -0.2) is 39.8 Å². The molecule has 0 saturated heterocycles. The van der Waals surface area contributed by atoms with Gasteiger partial charge in [-0.3, -0.25) is 4.79 Å². The molecule has 0 fully saturated rings. The van der Waals surface area contributed by atoms with Crippen LogP contribution >= 0.6 is 0 Å². The Balaban J connectivity index is 1.76. The number of aromatic nitrogens is 3. The third-order valence-corrected chi connectivity index (χ3v) is 6.78. The molecule has 0 atom stereocenters. The van der Waals surface area contributed by atoms with E-state index in [1.807, 2.05) is 0 Å². The highest BCUT2D eigenvalue weighted by Crippen LogP contribution is 2.33. The normalized spacial score (nSPS) is 12.1. The number of aromatic hydroxyl groups is 1. The van der Waals surface area contributed by atoms with Crippen molar-refractivity contribution in [2.75, 3.05) is 11.1 Å². The quantitative estimate of drug-likeness (QED) is 0.307. The minimum Gasteiger partial charge on any atom is -0.506 e. The van der Waals surface area contributed by atoms with Crippen molar-refractivity contribution in [2.24, 2.45) is 0 Å². The number of halogens is 4. The lowest BCUT2D eigenvalue weighted by Crippen LogP contribution is -2.16. The Morgan fingerprint density at radius 2 is 1.77 bits per heavy atom. The number of benzene rings is 2. The van der Waals surface area contributed by atoms with Gasteiger partial charge in [0.25, 0.3) is 5.91 Å². The number of phenols is 1. The summed E-state index contributed by atoms with van der Waals surface area (Å²) in [6.07, 6.45) is -4.86. The van der Waals surface area contributed by atoms with Gasteiger partial charge in [-0.1, -0.05) is 6.92 Å². The van der Waals surface area contributed by atoms with Crippen LogP contribution in [0.1, 0.15) is 23.1 Å². The fraction of sp³-hybridized carbons (Fsp3) is 0.136. The Morgan fingerprint density at radius 1 is 1.09 bits per heavy atom. The molecule has 0 aliphatic rings. The number of nitrogens with zero attached hydrogens (tertiary/aromatic N) is 3. The Bertz CT molecular complexity index is 1550. The van der Waals surface area contributed by atoms with Gasteiger partial charge >= 0.3 is 6.18 Å². The third-order valence-electron chi connectivity index (χ3n) is 5.05. The summed E-state index contributed by atoms with van der Waals surface area (Å²) in [5.41, 5.74) is -2.17. The number of anilines is 1. The summed E-state index contributed by atoms with van der Waals surface area (Å²) in [6.45, 7) is 1.42. The number of amides is 1. The predicted octanol–water partition coefficient (Wildman–Crippen LogP) is 4.31. The van der Waals surface area contributed by atoms with E-state index in [9.17, 15) is 35.9 Å². The van der Waals surface area contributed by atoms with Gasteiger partial charge in [0.1, 0.15) is 11.6 Å². The zero-order valence-electron chi connectivity index (χ0n) is 17.8. The zero-order valence-corrected chi connectivity index (χ0v) is 18.7. The van der Waals surface area contributed by atoms with Crippen LogP contribution in [0, 0.1) is 5.82 Å². The van der Waals surface area contributed by atoms with Crippen molar-refractivity contribution in [3.63, 3.8) is 0 Å². The summed E-state index contributed by atoms with van der Waals surface area (Å²) in [5, 5.41) is 16.0. The Kier molecular flexibility index (Phi) is 5.97. The molecule has 0 aliphatic heterocycles. The molecule has 2 aromatic carbocycles. The first kappa shape index (κ1) is 24.1. The second-order valence-corrected chi connectivity index (χ2v) is 9.65. The van der Waals surface area contributed by atoms with Crippen molar-refractivity contribution in [2.45, 2.75) is 18.0 Å². The maximum Gasteiger partial charge on any atom is 0.433 e. The second-order valence-electron chi connectivity index (χ2n) is 7.37. The van der Waals surface area contributed by atoms with E-state index < -0.39 is 44.9 Å². The first-order chi connectivity index (χ1) is 16.4. The second kappa shape index (κ2) is 8.65. The van der Waals surface area contributed by atoms with Crippen molar-refractivity contribution < 1.29 is 35.9 Å². The molecule has 2 aromatic heterocycles. The van der Waals surface area contributed by atoms with E-state index >= 15 is 0 Å². The summed E-state index contributed by atoms with van der Waals surface area (Å²) in [7, 11) is -3.65. The van der Waals surface area contributed by atoms with E-state index in [1.54, 1.807) is 0 Å². The molecule has 182 valence electrons. The molecule has 2 heterocycles. The molecule has 0 saturated carbocycles. The number of carbonyl (C=O) groups is 1. The molecule has 0 spiro atoms. The van der Waals surface area contributed by atoms with Gasteiger partial charge in [0.15, 0.2) is 26.9 Å². The average Bonchev–Trinajstić information content (AvgIpc) is 3.24. The number of rotatable bonds is 5. The number of fused-ring (bicyclic) bond motifs is 1. The molecule has 35 heavy (non-hydrogen) atoms. The highest BCUT2D eigenvalue weighted by molar-refractivity contribution is 7.91. The molecule has 0 aliphatic carbocycles. The van der Waals surface area contributed by atoms with E-state index in [-0.39, 0.29) is 33.2 Å². The van der Waals surface area contributed by atoms with Gasteiger partial charge in [-0.05, 0) is 48.5 Å². The molecule has 1 amide bonds. The molecule has 0 bridgehead atoms. The van der Waals surface area contributed by atoms with Gasteiger partial charge < -0.3 is 10.4 Å². The molecule has 13 heteroatoms. The van der Waals surface area contributed by atoms with Crippen LogP contribution in [-0.2, 0) is 16.0 Å². The van der Waals surface area contributed by atoms with Crippen LogP contribution in [0.2, 0.25) is 0 Å². The summed E-state index contributed by atoms with van der Waals surface area (Å²) in [4.78, 5) is 16.7. The standard InChI is InChI=1S/C22H16F4N4O4S/c1-2-35(33,34)14-7-8-18(31)16(9-14)28-21(32)17-11-20-27-15(12-3-5-13(23)6-4-12)10-19(22(24,25)26)30(20)29-17/h3-11,31H,2H2,1H3,(H,28,32). The fourth-order valence-corrected chi connectivity index (χ4v) is 4.12. The molecule has 0 unspecified atom stereocenters. The van der Waals surface area contributed by atoms with Crippen LogP contribution < -0.4 is 5.32 Å². The Morgan fingerprint density at radius 3 is 2.40 bits per heavy atom. The molecular weight excluding hydrogens is 492 g/mol. The Labute approximate surface area is 195 Å². The maximum atomic E-state index is 13.7. The summed E-state index contributed by atoms with van der Waals surface area (Å²) in [6, 6.07) is 9.66. The molecular formula is C22H16F4N4O4S. The third kappa shape index (κ3) is 4.80. The fourth-order valence-electron chi connectivity index (χ4n) is 3.22. The molecule has 2 N–H and O–H groups in total. The number of hydrogen-bond acceptors (Lipinski definition) is 6. The number of alkyl halides is 3. The van der Waals surface area contributed by atoms with Crippen LogP contribution in [0.4, 0.5) is 23.2 Å². The van der Waals surface area contributed by atoms with Crippen LogP contribution in [0.25, 0.3) is 16.9 Å². The monoisotopic (exact) mass is 508 g/mol. The molecule has 4 rings (SSSR count). The van der Waals surface area contributed by atoms with Crippen molar-refractivity contribution in [1.29, 1.82) is 0 Å². The summed E-state index contributed by atoms with van der Waals surface area (Å²) < 4.78 is 79.1. The number of hydrogen-bond donors (Lipinski definition) is 2. The lowest BCUT2D eigenvalue weighted by atomic mass is 10.1. The van der Waals surface area contributed by atoms with Crippen molar-refractivity contribution in [3.05, 3.63) is 71.8 Å². The Hall–Kier alpha value is -4.00. The molecule has 4 aromatic rings. The zero-order chi connectivity index (χ0) is 25.5. The minimum absolute atomic E-state index is 0.119. The highest BCUT2D eigenvalue weighted by atomic mass is 32.2. The van der Waals surface area contributed by atoms with E-state index in [0.29, 0.717) is 4.52 Å². The van der Waals surface area contributed by atoms with E-state index in [1.165, 1.54) is 19.1 Å². The predicted molar refractivity (Wildman–Crippen MR) is 117 cm³/mol. The molecule has 8 nitrogen and oxygen atoms in total. The summed E-state index contributed by atoms with van der Waals surface area (Å²) >= 11 is 0. The lowest BCUT2D eigenvalue weighted by molar-refractivity contribution is -0.142. The van der Waals surface area contributed by atoms with Gasteiger partial charge in [0, 0.05) is 11.6 Å². The van der Waals surface area contributed by atoms with Crippen LogP contribution in [0.15, 0.2) is 59.5 Å². The smallest absolute Gasteiger partial charge is 0.433 e. The number of phenolic OH excluding ortho intramolecular Hbond substituents is 1. The number of nitrogens with one attached hydrogen (secondary N) is 1. The van der Waals surface area contributed by atoms with Crippen molar-refractivity contribution >= 4 is 27.1 Å². The van der Waals surface area contributed by atoms with Gasteiger partial charge in [-0.15, -0.1) is 0 Å². The number of carbonyl (C=O) groups excluding carboxylic acids is 1.